The van der Waals surface area contributed by atoms with Crippen molar-refractivity contribution in [2.45, 2.75) is 43.5 Å². The second-order valence-electron chi connectivity index (χ2n) is 7.81. The molecule has 1 aromatic carbocycles. The molecule has 1 aliphatic carbocycles. The van der Waals surface area contributed by atoms with Crippen molar-refractivity contribution in [1.29, 1.82) is 0 Å². The highest BCUT2D eigenvalue weighted by Gasteiger charge is 2.28. The Morgan fingerprint density at radius 2 is 1.90 bits per heavy atom. The summed E-state index contributed by atoms with van der Waals surface area (Å²) in [5, 5.41) is 8.25. The number of nitrogens with one attached hydrogen (secondary N) is 1. The third kappa shape index (κ3) is 3.76. The third-order valence-corrected chi connectivity index (χ3v) is 6.51. The molecule has 1 unspecified atom stereocenters. The number of carbonyl (C=O) groups is 1. The molecule has 1 aliphatic rings. The molecule has 7 nitrogen and oxygen atoms in total. The largest absolute Gasteiger partial charge is 0.345 e. The molecule has 0 saturated heterocycles. The van der Waals surface area contributed by atoms with E-state index in [-0.39, 0.29) is 16.8 Å². The van der Waals surface area contributed by atoms with E-state index in [1.165, 1.54) is 6.26 Å². The second-order valence-corrected chi connectivity index (χ2v) is 9.83. The summed E-state index contributed by atoms with van der Waals surface area (Å²) >= 11 is 0. The van der Waals surface area contributed by atoms with E-state index in [9.17, 15) is 13.2 Å². The standard InChI is InChI=1S/C21H24N4O3S/c1-12(14-7-9-16(10-8-14)29(4,27)28)22-21(26)17-11-18(15-5-6-15)23-20-19(17)13(2)24-25(20)3/h7-12,15H,5-6H2,1-4H3,(H,22,26). The zero-order chi connectivity index (χ0) is 20.9. The summed E-state index contributed by atoms with van der Waals surface area (Å²) < 4.78 is 25.0. The number of nitrogens with zero attached hydrogens (tertiary/aromatic N) is 3. The Bertz CT molecular complexity index is 1210. The van der Waals surface area contributed by atoms with Gasteiger partial charge in [-0.05, 0) is 50.5 Å². The van der Waals surface area contributed by atoms with Crippen LogP contribution in [0.4, 0.5) is 0 Å². The molecule has 2 heterocycles. The van der Waals surface area contributed by atoms with E-state index in [1.54, 1.807) is 28.9 Å². The van der Waals surface area contributed by atoms with Crippen LogP contribution in [0.2, 0.25) is 0 Å². The van der Waals surface area contributed by atoms with Crippen LogP contribution < -0.4 is 5.32 Å². The molecule has 1 amide bonds. The van der Waals surface area contributed by atoms with Gasteiger partial charge in [-0.25, -0.2) is 13.4 Å². The number of carbonyl (C=O) groups excluding carboxylic acids is 1. The fourth-order valence-corrected chi connectivity index (χ4v) is 4.22. The molecule has 0 bridgehead atoms. The first-order valence-electron chi connectivity index (χ1n) is 9.60. The van der Waals surface area contributed by atoms with Gasteiger partial charge < -0.3 is 5.32 Å². The Morgan fingerprint density at radius 1 is 1.24 bits per heavy atom. The van der Waals surface area contributed by atoms with Gasteiger partial charge in [-0.1, -0.05) is 12.1 Å². The van der Waals surface area contributed by atoms with E-state index in [2.05, 4.69) is 10.4 Å². The van der Waals surface area contributed by atoms with Gasteiger partial charge in [0.05, 0.1) is 27.6 Å². The van der Waals surface area contributed by atoms with Crippen LogP contribution in [0.1, 0.15) is 59.0 Å². The molecule has 1 atom stereocenters. The minimum atomic E-state index is -3.25. The Hall–Kier alpha value is -2.74. The monoisotopic (exact) mass is 412 g/mol. The van der Waals surface area contributed by atoms with E-state index in [4.69, 9.17) is 4.98 Å². The highest BCUT2D eigenvalue weighted by molar-refractivity contribution is 7.90. The van der Waals surface area contributed by atoms with E-state index < -0.39 is 9.84 Å². The summed E-state index contributed by atoms with van der Waals surface area (Å²) in [5.41, 5.74) is 3.86. The second kappa shape index (κ2) is 6.95. The molecule has 1 N–H and O–H groups in total. The summed E-state index contributed by atoms with van der Waals surface area (Å²) in [5.74, 6) is 0.234. The van der Waals surface area contributed by atoms with Crippen LogP contribution in [0.3, 0.4) is 0 Å². The summed E-state index contributed by atoms with van der Waals surface area (Å²) in [7, 11) is -1.41. The van der Waals surface area contributed by atoms with Crippen molar-refractivity contribution in [3.05, 3.63) is 52.8 Å². The summed E-state index contributed by atoms with van der Waals surface area (Å²) in [6.45, 7) is 3.76. The van der Waals surface area contributed by atoms with Crippen LogP contribution in [0.15, 0.2) is 35.2 Å². The maximum atomic E-state index is 13.2. The molecule has 4 rings (SSSR count). The topological polar surface area (TPSA) is 93.9 Å². The number of pyridine rings is 1. The minimum absolute atomic E-state index is 0.185. The lowest BCUT2D eigenvalue weighted by Gasteiger charge is -2.16. The van der Waals surface area contributed by atoms with Crippen LogP contribution in [0, 0.1) is 6.92 Å². The van der Waals surface area contributed by atoms with Crippen LogP contribution in [-0.2, 0) is 16.9 Å². The van der Waals surface area contributed by atoms with Crippen molar-refractivity contribution in [3.8, 4) is 0 Å². The van der Waals surface area contributed by atoms with Crippen LogP contribution in [0.25, 0.3) is 11.0 Å². The van der Waals surface area contributed by atoms with E-state index in [0.29, 0.717) is 11.5 Å². The van der Waals surface area contributed by atoms with Gasteiger partial charge in [-0.2, -0.15) is 5.10 Å². The van der Waals surface area contributed by atoms with Crippen LogP contribution in [-0.4, -0.2) is 35.3 Å². The Morgan fingerprint density at radius 3 is 2.48 bits per heavy atom. The first-order valence-corrected chi connectivity index (χ1v) is 11.5. The minimum Gasteiger partial charge on any atom is -0.345 e. The average molecular weight is 413 g/mol. The molecule has 0 aliphatic heterocycles. The first kappa shape index (κ1) is 19.6. The normalized spacial score (nSPS) is 15.4. The van der Waals surface area contributed by atoms with Crippen molar-refractivity contribution in [1.82, 2.24) is 20.1 Å². The molecule has 0 radical (unpaired) electrons. The molecular weight excluding hydrogens is 388 g/mol. The number of rotatable bonds is 5. The lowest BCUT2D eigenvalue weighted by atomic mass is 10.0. The van der Waals surface area contributed by atoms with Crippen molar-refractivity contribution in [2.24, 2.45) is 7.05 Å². The van der Waals surface area contributed by atoms with E-state index in [1.807, 2.05) is 27.0 Å². The molecule has 0 spiro atoms. The molecule has 8 heteroatoms. The van der Waals surface area contributed by atoms with Gasteiger partial charge in [-0.3, -0.25) is 9.48 Å². The smallest absolute Gasteiger partial charge is 0.252 e. The Kier molecular flexibility index (Phi) is 4.69. The van der Waals surface area contributed by atoms with Crippen molar-refractivity contribution in [3.63, 3.8) is 0 Å². The highest BCUT2D eigenvalue weighted by atomic mass is 32.2. The van der Waals surface area contributed by atoms with Gasteiger partial charge in [0.15, 0.2) is 15.5 Å². The first-order chi connectivity index (χ1) is 13.6. The van der Waals surface area contributed by atoms with Gasteiger partial charge >= 0.3 is 0 Å². The fraction of sp³-hybridized carbons (Fsp3) is 0.381. The predicted octanol–water partition coefficient (Wildman–Crippen LogP) is 3.05. The number of fused-ring (bicyclic) bond motifs is 1. The average Bonchev–Trinajstić information content (AvgIpc) is 3.47. The predicted molar refractivity (Wildman–Crippen MR) is 111 cm³/mol. The zero-order valence-corrected chi connectivity index (χ0v) is 17.7. The number of hydrogen-bond acceptors (Lipinski definition) is 5. The van der Waals surface area contributed by atoms with Gasteiger partial charge in [0.1, 0.15) is 0 Å². The Labute approximate surface area is 170 Å². The summed E-state index contributed by atoms with van der Waals surface area (Å²) in [4.78, 5) is 18.1. The number of benzene rings is 1. The van der Waals surface area contributed by atoms with Gasteiger partial charge in [0.25, 0.3) is 5.91 Å². The van der Waals surface area contributed by atoms with Crippen molar-refractivity contribution >= 4 is 26.8 Å². The van der Waals surface area contributed by atoms with Gasteiger partial charge in [0.2, 0.25) is 0 Å². The number of aryl methyl sites for hydroxylation is 2. The molecule has 152 valence electrons. The zero-order valence-electron chi connectivity index (χ0n) is 16.9. The number of hydrogen-bond donors (Lipinski definition) is 1. The molecule has 3 aromatic rings. The highest BCUT2D eigenvalue weighted by Crippen LogP contribution is 2.40. The van der Waals surface area contributed by atoms with Gasteiger partial charge in [-0.15, -0.1) is 0 Å². The van der Waals surface area contributed by atoms with Crippen LogP contribution >= 0.6 is 0 Å². The summed E-state index contributed by atoms with van der Waals surface area (Å²) in [6, 6.07) is 8.20. The molecular formula is C21H24N4O3S. The molecule has 29 heavy (non-hydrogen) atoms. The van der Waals surface area contributed by atoms with Crippen molar-refractivity contribution in [2.75, 3.05) is 6.26 Å². The molecule has 1 saturated carbocycles. The third-order valence-electron chi connectivity index (χ3n) is 5.38. The van der Waals surface area contributed by atoms with Crippen molar-refractivity contribution < 1.29 is 13.2 Å². The lowest BCUT2D eigenvalue weighted by molar-refractivity contribution is 0.0941. The Balaban J connectivity index is 1.65. The SMILES string of the molecule is Cc1nn(C)c2nc(C3CC3)cc(C(=O)NC(C)c3ccc(S(C)(=O)=O)cc3)c12. The van der Waals surface area contributed by atoms with Gasteiger partial charge in [0, 0.05) is 24.9 Å². The number of amides is 1. The summed E-state index contributed by atoms with van der Waals surface area (Å²) in [6.07, 6.45) is 3.37. The number of sulfone groups is 1. The van der Waals surface area contributed by atoms with E-state index in [0.717, 1.165) is 40.8 Å². The quantitative estimate of drug-likeness (QED) is 0.695. The lowest BCUT2D eigenvalue weighted by Crippen LogP contribution is -2.27. The maximum Gasteiger partial charge on any atom is 0.252 e. The fourth-order valence-electron chi connectivity index (χ4n) is 3.59. The van der Waals surface area contributed by atoms with E-state index >= 15 is 0 Å². The molecule has 2 aromatic heterocycles. The van der Waals surface area contributed by atoms with Crippen LogP contribution in [0.5, 0.6) is 0 Å². The number of aromatic nitrogens is 3. The maximum absolute atomic E-state index is 13.2. The molecule has 1 fully saturated rings.